The number of hydrogen-bond acceptors (Lipinski definition) is 4. The average molecular weight is 478 g/mol. The first-order valence-corrected chi connectivity index (χ1v) is 13.9. The predicted molar refractivity (Wildman–Crippen MR) is 139 cm³/mol. The van der Waals surface area contributed by atoms with Gasteiger partial charge in [-0.15, -0.1) is 10.2 Å². The van der Waals surface area contributed by atoms with E-state index in [0.29, 0.717) is 24.0 Å². The van der Waals surface area contributed by atoms with Gasteiger partial charge in [0.05, 0.1) is 5.41 Å². The van der Waals surface area contributed by atoms with Gasteiger partial charge >= 0.3 is 0 Å². The third-order valence-corrected chi connectivity index (χ3v) is 9.42. The number of primary amides is 1. The van der Waals surface area contributed by atoms with E-state index in [0.717, 1.165) is 50.3 Å². The van der Waals surface area contributed by atoms with Crippen LogP contribution in [0.5, 0.6) is 0 Å². The number of piperidine rings is 1. The lowest BCUT2D eigenvalue weighted by atomic mass is 9.62. The second-order valence-electron chi connectivity index (χ2n) is 11.7. The SMILES string of the molecule is Cc1nnc(C(C)C)n1C1CC2CCC(C1)N2CCC(c1ccccc1)C1(C(N)=O)CCCCC1. The van der Waals surface area contributed by atoms with Gasteiger partial charge in [0.25, 0.3) is 0 Å². The molecule has 5 rings (SSSR count). The summed E-state index contributed by atoms with van der Waals surface area (Å²) in [5.74, 6) is 2.68. The number of carbonyl (C=O) groups excluding carboxylic acids is 1. The summed E-state index contributed by atoms with van der Waals surface area (Å²) < 4.78 is 2.43. The van der Waals surface area contributed by atoms with E-state index in [2.05, 4.69) is 70.8 Å². The largest absolute Gasteiger partial charge is 0.369 e. The zero-order valence-corrected chi connectivity index (χ0v) is 21.8. The predicted octanol–water partition coefficient (Wildman–Crippen LogP) is 5.49. The van der Waals surface area contributed by atoms with Crippen LogP contribution in [-0.4, -0.2) is 44.2 Å². The molecule has 6 heteroatoms. The molecule has 3 fully saturated rings. The van der Waals surface area contributed by atoms with Crippen LogP contribution in [0.25, 0.3) is 0 Å². The number of carbonyl (C=O) groups is 1. The monoisotopic (exact) mass is 477 g/mol. The number of benzene rings is 1. The van der Waals surface area contributed by atoms with Crippen molar-refractivity contribution >= 4 is 5.91 Å². The summed E-state index contributed by atoms with van der Waals surface area (Å²) in [5, 5.41) is 8.93. The van der Waals surface area contributed by atoms with Gasteiger partial charge in [-0.05, 0) is 69.9 Å². The lowest BCUT2D eigenvalue weighted by Crippen LogP contribution is -2.47. The molecule has 3 atom stereocenters. The van der Waals surface area contributed by atoms with Crippen LogP contribution in [0.4, 0.5) is 0 Å². The zero-order chi connectivity index (χ0) is 24.6. The van der Waals surface area contributed by atoms with Crippen LogP contribution >= 0.6 is 0 Å². The minimum atomic E-state index is -0.400. The van der Waals surface area contributed by atoms with E-state index in [1.54, 1.807) is 0 Å². The standard InChI is InChI=1S/C29H43N5O/c1-20(2)27-32-31-21(3)34(27)25-18-23-12-13-24(19-25)33(23)17-14-26(22-10-6-4-7-11-22)29(28(30)35)15-8-5-9-16-29/h4,6-7,10-11,20,23-26H,5,8-9,12-19H2,1-3H3,(H2,30,35). The highest BCUT2D eigenvalue weighted by atomic mass is 16.1. The minimum Gasteiger partial charge on any atom is -0.369 e. The summed E-state index contributed by atoms with van der Waals surface area (Å²) in [6.45, 7) is 7.58. The van der Waals surface area contributed by atoms with Crippen molar-refractivity contribution in [3.05, 3.63) is 47.5 Å². The van der Waals surface area contributed by atoms with E-state index in [4.69, 9.17) is 5.73 Å². The van der Waals surface area contributed by atoms with Crippen molar-refractivity contribution in [1.82, 2.24) is 19.7 Å². The van der Waals surface area contributed by atoms with E-state index in [-0.39, 0.29) is 11.8 Å². The van der Waals surface area contributed by atoms with E-state index >= 15 is 0 Å². The molecule has 1 aromatic heterocycles. The summed E-state index contributed by atoms with van der Waals surface area (Å²) in [6, 6.07) is 12.4. The molecule has 0 radical (unpaired) electrons. The molecular formula is C29H43N5O. The fourth-order valence-corrected chi connectivity index (χ4v) is 7.73. The fourth-order valence-electron chi connectivity index (χ4n) is 7.73. The molecule has 190 valence electrons. The van der Waals surface area contributed by atoms with Crippen LogP contribution in [-0.2, 0) is 4.79 Å². The molecule has 1 aliphatic carbocycles. The number of aryl methyl sites for hydroxylation is 1. The third-order valence-electron chi connectivity index (χ3n) is 9.42. The van der Waals surface area contributed by atoms with Crippen molar-refractivity contribution in [3.8, 4) is 0 Å². The molecule has 2 aromatic rings. The van der Waals surface area contributed by atoms with Gasteiger partial charge in [0.2, 0.25) is 5.91 Å². The molecule has 6 nitrogen and oxygen atoms in total. The smallest absolute Gasteiger partial charge is 0.224 e. The lowest BCUT2D eigenvalue weighted by Gasteiger charge is -2.44. The first-order valence-electron chi connectivity index (χ1n) is 13.9. The van der Waals surface area contributed by atoms with Gasteiger partial charge in [-0.3, -0.25) is 9.69 Å². The van der Waals surface area contributed by atoms with Crippen LogP contribution < -0.4 is 5.73 Å². The van der Waals surface area contributed by atoms with Crippen LogP contribution in [0.2, 0.25) is 0 Å². The van der Waals surface area contributed by atoms with Crippen LogP contribution in [0, 0.1) is 12.3 Å². The average Bonchev–Trinajstić information content (AvgIpc) is 3.36. The number of nitrogens with zero attached hydrogens (tertiary/aromatic N) is 4. The quantitative estimate of drug-likeness (QED) is 0.545. The Balaban J connectivity index is 1.35. The second kappa shape index (κ2) is 10.0. The van der Waals surface area contributed by atoms with Gasteiger partial charge in [0, 0.05) is 24.0 Å². The van der Waals surface area contributed by atoms with Gasteiger partial charge in [-0.2, -0.15) is 0 Å². The van der Waals surface area contributed by atoms with Crippen LogP contribution in [0.1, 0.15) is 113 Å². The van der Waals surface area contributed by atoms with Gasteiger partial charge in [0.15, 0.2) is 0 Å². The van der Waals surface area contributed by atoms with Crippen molar-refractivity contribution < 1.29 is 4.79 Å². The molecule has 35 heavy (non-hydrogen) atoms. The summed E-state index contributed by atoms with van der Waals surface area (Å²) in [6.07, 6.45) is 11.2. The van der Waals surface area contributed by atoms with Crippen molar-refractivity contribution in [2.45, 2.75) is 115 Å². The molecule has 2 saturated heterocycles. The van der Waals surface area contributed by atoms with Crippen LogP contribution in [0.15, 0.2) is 30.3 Å². The first kappa shape index (κ1) is 24.5. The maximum Gasteiger partial charge on any atom is 0.224 e. The summed E-state index contributed by atoms with van der Waals surface area (Å²) >= 11 is 0. The van der Waals surface area contributed by atoms with E-state index in [1.165, 1.54) is 37.7 Å². The highest BCUT2D eigenvalue weighted by molar-refractivity contribution is 5.82. The maximum absolute atomic E-state index is 13.0. The fraction of sp³-hybridized carbons (Fsp3) is 0.690. The first-order chi connectivity index (χ1) is 16.9. The Labute approximate surface area is 210 Å². The number of nitrogens with two attached hydrogens (primary N) is 1. The number of aromatic nitrogens is 3. The molecule has 1 amide bonds. The Morgan fingerprint density at radius 2 is 1.69 bits per heavy atom. The number of hydrogen-bond donors (Lipinski definition) is 1. The Morgan fingerprint density at radius 3 is 2.29 bits per heavy atom. The number of rotatable bonds is 8. The Hall–Kier alpha value is -2.21. The second-order valence-corrected chi connectivity index (χ2v) is 11.7. The van der Waals surface area contributed by atoms with Gasteiger partial charge in [-0.25, -0.2) is 0 Å². The molecule has 3 unspecified atom stereocenters. The van der Waals surface area contributed by atoms with Gasteiger partial charge in [0.1, 0.15) is 11.6 Å². The topological polar surface area (TPSA) is 77.0 Å². The van der Waals surface area contributed by atoms with E-state index < -0.39 is 5.41 Å². The molecule has 1 saturated carbocycles. The molecule has 2 N–H and O–H groups in total. The van der Waals surface area contributed by atoms with Gasteiger partial charge < -0.3 is 10.3 Å². The minimum absolute atomic E-state index is 0.0861. The third kappa shape index (κ3) is 4.54. The highest BCUT2D eigenvalue weighted by Gasteiger charge is 2.47. The van der Waals surface area contributed by atoms with Gasteiger partial charge in [-0.1, -0.05) is 63.4 Å². The molecule has 0 spiro atoms. The summed E-state index contributed by atoms with van der Waals surface area (Å²) in [7, 11) is 0. The molecule has 3 aliphatic rings. The Morgan fingerprint density at radius 1 is 1.03 bits per heavy atom. The van der Waals surface area contributed by atoms with E-state index in [9.17, 15) is 4.79 Å². The molecule has 2 bridgehead atoms. The van der Waals surface area contributed by atoms with Crippen molar-refractivity contribution in [2.75, 3.05) is 6.54 Å². The molecule has 3 heterocycles. The Bertz CT molecular complexity index is 995. The maximum atomic E-state index is 13.0. The molecule has 1 aromatic carbocycles. The number of amides is 1. The highest BCUT2D eigenvalue weighted by Crippen LogP contribution is 2.50. The summed E-state index contributed by atoms with van der Waals surface area (Å²) in [5.41, 5.74) is 7.06. The Kier molecular flexibility index (Phi) is 7.02. The van der Waals surface area contributed by atoms with Crippen molar-refractivity contribution in [1.29, 1.82) is 0 Å². The molecule has 2 aliphatic heterocycles. The lowest BCUT2D eigenvalue weighted by molar-refractivity contribution is -0.131. The van der Waals surface area contributed by atoms with E-state index in [1.807, 2.05) is 0 Å². The normalized spacial score (nSPS) is 27.3. The summed E-state index contributed by atoms with van der Waals surface area (Å²) in [4.78, 5) is 15.7. The molecular weight excluding hydrogens is 434 g/mol. The van der Waals surface area contributed by atoms with Crippen LogP contribution in [0.3, 0.4) is 0 Å². The number of fused-ring (bicyclic) bond motifs is 2. The van der Waals surface area contributed by atoms with Crippen molar-refractivity contribution in [3.63, 3.8) is 0 Å². The zero-order valence-electron chi connectivity index (χ0n) is 21.8. The van der Waals surface area contributed by atoms with Crippen molar-refractivity contribution in [2.24, 2.45) is 11.1 Å².